The van der Waals surface area contributed by atoms with Gasteiger partial charge in [0.25, 0.3) is 0 Å². The lowest BCUT2D eigenvalue weighted by atomic mass is 9.95. The van der Waals surface area contributed by atoms with Gasteiger partial charge in [-0.15, -0.1) is 0 Å². The van der Waals surface area contributed by atoms with E-state index < -0.39 is 0 Å². The average Bonchev–Trinajstić information content (AvgIpc) is 2.44. The number of hydrogen-bond acceptors (Lipinski definition) is 1. The maximum Gasteiger partial charge on any atom is 0.127 e. The standard InChI is InChI=1S/C17H18Cl2FN/c1-3-21-17(15-9-13(18)6-4-11(15)2)8-12-5-7-14(19)10-16(12)20/h4-7,9-10,17,21H,3,8H2,1-2H3. The van der Waals surface area contributed by atoms with E-state index >= 15 is 0 Å². The first-order valence-electron chi connectivity index (χ1n) is 6.94. The minimum Gasteiger partial charge on any atom is -0.310 e. The number of rotatable bonds is 5. The van der Waals surface area contributed by atoms with Crippen molar-refractivity contribution in [2.75, 3.05) is 6.54 Å². The summed E-state index contributed by atoms with van der Waals surface area (Å²) in [7, 11) is 0. The van der Waals surface area contributed by atoms with Gasteiger partial charge in [-0.2, -0.15) is 0 Å². The van der Waals surface area contributed by atoms with Gasteiger partial charge in [0.2, 0.25) is 0 Å². The third kappa shape index (κ3) is 4.19. The molecule has 4 heteroatoms. The van der Waals surface area contributed by atoms with Gasteiger partial charge in [0, 0.05) is 16.1 Å². The second-order valence-electron chi connectivity index (χ2n) is 5.05. The molecule has 21 heavy (non-hydrogen) atoms. The fraction of sp³-hybridized carbons (Fsp3) is 0.294. The Balaban J connectivity index is 2.32. The van der Waals surface area contributed by atoms with Gasteiger partial charge in [0.1, 0.15) is 5.82 Å². The molecular formula is C17H18Cl2FN. The quantitative estimate of drug-likeness (QED) is 0.782. The van der Waals surface area contributed by atoms with Gasteiger partial charge in [-0.25, -0.2) is 4.39 Å². The minimum absolute atomic E-state index is 0.0179. The van der Waals surface area contributed by atoms with E-state index in [0.29, 0.717) is 22.0 Å². The molecule has 0 bridgehead atoms. The zero-order valence-corrected chi connectivity index (χ0v) is 13.6. The highest BCUT2D eigenvalue weighted by Crippen LogP contribution is 2.26. The molecule has 0 saturated heterocycles. The van der Waals surface area contributed by atoms with Gasteiger partial charge < -0.3 is 5.32 Å². The van der Waals surface area contributed by atoms with E-state index in [-0.39, 0.29) is 11.9 Å². The lowest BCUT2D eigenvalue weighted by Gasteiger charge is -2.21. The first-order chi connectivity index (χ1) is 10.0. The van der Waals surface area contributed by atoms with Crippen molar-refractivity contribution in [1.29, 1.82) is 0 Å². The van der Waals surface area contributed by atoms with Crippen molar-refractivity contribution in [3.05, 3.63) is 69.0 Å². The van der Waals surface area contributed by atoms with Crippen LogP contribution in [0, 0.1) is 12.7 Å². The summed E-state index contributed by atoms with van der Waals surface area (Å²) in [5, 5.41) is 4.50. The second kappa shape index (κ2) is 7.26. The van der Waals surface area contributed by atoms with Crippen LogP contribution in [-0.2, 0) is 6.42 Å². The largest absolute Gasteiger partial charge is 0.310 e. The van der Waals surface area contributed by atoms with Gasteiger partial charge in [0.05, 0.1) is 0 Å². The second-order valence-corrected chi connectivity index (χ2v) is 5.92. The monoisotopic (exact) mass is 325 g/mol. The molecule has 0 amide bonds. The van der Waals surface area contributed by atoms with Crippen LogP contribution >= 0.6 is 23.2 Å². The molecule has 1 unspecified atom stereocenters. The van der Waals surface area contributed by atoms with Crippen LogP contribution in [0.1, 0.15) is 29.7 Å². The van der Waals surface area contributed by atoms with Crippen LogP contribution in [0.5, 0.6) is 0 Å². The Labute approximate surface area is 135 Å². The predicted molar refractivity (Wildman–Crippen MR) is 87.7 cm³/mol. The van der Waals surface area contributed by atoms with Crippen LogP contribution in [-0.4, -0.2) is 6.54 Å². The fourth-order valence-electron chi connectivity index (χ4n) is 2.43. The van der Waals surface area contributed by atoms with E-state index in [1.807, 2.05) is 32.0 Å². The normalized spacial score (nSPS) is 12.4. The van der Waals surface area contributed by atoms with Crippen LogP contribution in [0.25, 0.3) is 0 Å². The topological polar surface area (TPSA) is 12.0 Å². The lowest BCUT2D eigenvalue weighted by molar-refractivity contribution is 0.526. The molecule has 2 aromatic rings. The summed E-state index contributed by atoms with van der Waals surface area (Å²) < 4.78 is 14.0. The van der Waals surface area contributed by atoms with Crippen molar-refractivity contribution >= 4 is 23.2 Å². The highest BCUT2D eigenvalue weighted by molar-refractivity contribution is 6.30. The lowest BCUT2D eigenvalue weighted by Crippen LogP contribution is -2.24. The van der Waals surface area contributed by atoms with E-state index in [0.717, 1.165) is 17.7 Å². The van der Waals surface area contributed by atoms with Crippen molar-refractivity contribution in [3.63, 3.8) is 0 Å². The fourth-order valence-corrected chi connectivity index (χ4v) is 2.77. The molecule has 0 radical (unpaired) electrons. The molecular weight excluding hydrogens is 308 g/mol. The van der Waals surface area contributed by atoms with E-state index in [1.165, 1.54) is 6.07 Å². The van der Waals surface area contributed by atoms with Crippen LogP contribution < -0.4 is 5.32 Å². The van der Waals surface area contributed by atoms with Crippen molar-refractivity contribution in [1.82, 2.24) is 5.32 Å². The zero-order valence-electron chi connectivity index (χ0n) is 12.1. The van der Waals surface area contributed by atoms with Crippen LogP contribution in [0.15, 0.2) is 36.4 Å². The van der Waals surface area contributed by atoms with Crippen molar-refractivity contribution in [3.8, 4) is 0 Å². The number of hydrogen-bond donors (Lipinski definition) is 1. The van der Waals surface area contributed by atoms with E-state index in [4.69, 9.17) is 23.2 Å². The smallest absolute Gasteiger partial charge is 0.127 e. The first kappa shape index (κ1) is 16.3. The molecule has 1 nitrogen and oxygen atoms in total. The maximum absolute atomic E-state index is 14.0. The zero-order chi connectivity index (χ0) is 15.4. The summed E-state index contributed by atoms with van der Waals surface area (Å²) >= 11 is 11.9. The molecule has 0 aliphatic rings. The van der Waals surface area contributed by atoms with Crippen molar-refractivity contribution < 1.29 is 4.39 Å². The van der Waals surface area contributed by atoms with Crippen LogP contribution in [0.4, 0.5) is 4.39 Å². The molecule has 1 N–H and O–H groups in total. The Morgan fingerprint density at radius 1 is 1.10 bits per heavy atom. The Kier molecular flexibility index (Phi) is 5.63. The molecule has 0 heterocycles. The highest BCUT2D eigenvalue weighted by atomic mass is 35.5. The molecule has 2 rings (SSSR count). The summed E-state index contributed by atoms with van der Waals surface area (Å²) in [6.45, 7) is 4.87. The molecule has 0 spiro atoms. The van der Waals surface area contributed by atoms with E-state index in [2.05, 4.69) is 5.32 Å². The summed E-state index contributed by atoms with van der Waals surface area (Å²) in [6, 6.07) is 10.6. The van der Waals surface area contributed by atoms with Crippen LogP contribution in [0.2, 0.25) is 10.0 Å². The summed E-state index contributed by atoms with van der Waals surface area (Å²) in [5.41, 5.74) is 2.88. The molecule has 0 fully saturated rings. The van der Waals surface area contributed by atoms with Crippen LogP contribution in [0.3, 0.4) is 0 Å². The van der Waals surface area contributed by atoms with Gasteiger partial charge in [0.15, 0.2) is 0 Å². The maximum atomic E-state index is 14.0. The van der Waals surface area contributed by atoms with Gasteiger partial charge in [-0.05, 0) is 60.8 Å². The third-order valence-electron chi connectivity index (χ3n) is 3.51. The van der Waals surface area contributed by atoms with Crippen molar-refractivity contribution in [2.24, 2.45) is 0 Å². The predicted octanol–water partition coefficient (Wildman–Crippen LogP) is 5.33. The molecule has 1 atom stereocenters. The Morgan fingerprint density at radius 2 is 1.76 bits per heavy atom. The van der Waals surface area contributed by atoms with Crippen molar-refractivity contribution in [2.45, 2.75) is 26.3 Å². The van der Waals surface area contributed by atoms with Gasteiger partial charge in [-0.3, -0.25) is 0 Å². The third-order valence-corrected chi connectivity index (χ3v) is 3.98. The minimum atomic E-state index is -0.273. The molecule has 0 aliphatic carbocycles. The summed E-state index contributed by atoms with van der Waals surface area (Å²) in [5.74, 6) is -0.273. The number of halogens is 3. The Morgan fingerprint density at radius 3 is 2.43 bits per heavy atom. The van der Waals surface area contributed by atoms with Gasteiger partial charge in [-0.1, -0.05) is 42.3 Å². The molecule has 2 aromatic carbocycles. The molecule has 0 aliphatic heterocycles. The van der Waals surface area contributed by atoms with E-state index in [9.17, 15) is 4.39 Å². The summed E-state index contributed by atoms with van der Waals surface area (Å²) in [4.78, 5) is 0. The highest BCUT2D eigenvalue weighted by Gasteiger charge is 2.16. The first-order valence-corrected chi connectivity index (χ1v) is 7.70. The van der Waals surface area contributed by atoms with Gasteiger partial charge >= 0.3 is 0 Å². The van der Waals surface area contributed by atoms with E-state index in [1.54, 1.807) is 12.1 Å². The molecule has 0 aromatic heterocycles. The number of benzene rings is 2. The Bertz CT molecular complexity index is 628. The molecule has 0 saturated carbocycles. The number of nitrogens with one attached hydrogen (secondary N) is 1. The number of likely N-dealkylation sites (N-methyl/N-ethyl adjacent to an activating group) is 1. The average molecular weight is 326 g/mol. The summed E-state index contributed by atoms with van der Waals surface area (Å²) in [6.07, 6.45) is 0.554. The Hall–Kier alpha value is -1.09. The SMILES string of the molecule is CCNC(Cc1ccc(Cl)cc1F)c1cc(Cl)ccc1C. The number of aryl methyl sites for hydroxylation is 1. The molecule has 112 valence electrons.